The zero-order valence-electron chi connectivity index (χ0n) is 13.0. The van der Waals surface area contributed by atoms with Crippen molar-refractivity contribution in [1.82, 2.24) is 10.2 Å². The summed E-state index contributed by atoms with van der Waals surface area (Å²) in [5.41, 5.74) is -3.11. The highest BCUT2D eigenvalue weighted by molar-refractivity contribution is 4.95. The maximum absolute atomic E-state index is 12.7. The molecule has 4 nitrogen and oxygen atoms in total. The molecule has 126 valence electrons. The van der Waals surface area contributed by atoms with Crippen LogP contribution in [0.25, 0.3) is 0 Å². The molecule has 1 unspecified atom stereocenters. The van der Waals surface area contributed by atoms with Crippen molar-refractivity contribution in [3.63, 3.8) is 0 Å². The number of nitrogens with one attached hydrogen (secondary N) is 1. The highest BCUT2D eigenvalue weighted by Gasteiger charge is 2.51. The largest absolute Gasteiger partial charge is 0.418 e. The van der Waals surface area contributed by atoms with Crippen LogP contribution in [0.1, 0.15) is 33.6 Å². The molecule has 1 atom stereocenters. The van der Waals surface area contributed by atoms with E-state index in [1.165, 1.54) is 0 Å². The van der Waals surface area contributed by atoms with Gasteiger partial charge in [0.25, 0.3) is 0 Å². The van der Waals surface area contributed by atoms with Gasteiger partial charge in [-0.05, 0) is 32.2 Å². The maximum Gasteiger partial charge on any atom is 0.418 e. The van der Waals surface area contributed by atoms with Gasteiger partial charge in [-0.3, -0.25) is 4.90 Å². The smallest absolute Gasteiger partial charge is 0.394 e. The van der Waals surface area contributed by atoms with Crippen molar-refractivity contribution in [2.45, 2.75) is 50.9 Å². The van der Waals surface area contributed by atoms with Crippen LogP contribution in [0.5, 0.6) is 0 Å². The maximum atomic E-state index is 12.7. The molecule has 1 fully saturated rings. The molecule has 0 bridgehead atoms. The van der Waals surface area contributed by atoms with Gasteiger partial charge < -0.3 is 15.5 Å². The average molecular weight is 312 g/mol. The van der Waals surface area contributed by atoms with E-state index in [-0.39, 0.29) is 6.61 Å². The van der Waals surface area contributed by atoms with Crippen LogP contribution in [0.2, 0.25) is 0 Å². The Morgan fingerprint density at radius 2 is 1.76 bits per heavy atom. The van der Waals surface area contributed by atoms with Gasteiger partial charge in [-0.2, -0.15) is 13.2 Å². The van der Waals surface area contributed by atoms with Gasteiger partial charge in [-0.15, -0.1) is 0 Å². The predicted molar refractivity (Wildman–Crippen MR) is 75.0 cm³/mol. The van der Waals surface area contributed by atoms with Gasteiger partial charge in [0.05, 0.1) is 6.61 Å². The summed E-state index contributed by atoms with van der Waals surface area (Å²) < 4.78 is 38.1. The van der Waals surface area contributed by atoms with Crippen LogP contribution < -0.4 is 5.32 Å². The number of hydrogen-bond acceptors (Lipinski definition) is 4. The Kier molecular flexibility index (Phi) is 6.06. The van der Waals surface area contributed by atoms with E-state index in [1.54, 1.807) is 4.90 Å². The van der Waals surface area contributed by atoms with Crippen molar-refractivity contribution in [2.75, 3.05) is 32.8 Å². The highest BCUT2D eigenvalue weighted by atomic mass is 19.4. The zero-order valence-corrected chi connectivity index (χ0v) is 13.0. The number of aliphatic hydroxyl groups is 2. The summed E-state index contributed by atoms with van der Waals surface area (Å²) >= 11 is 0. The van der Waals surface area contributed by atoms with Crippen molar-refractivity contribution in [3.8, 4) is 0 Å². The van der Waals surface area contributed by atoms with E-state index in [2.05, 4.69) is 19.2 Å². The van der Waals surface area contributed by atoms with Gasteiger partial charge >= 0.3 is 6.18 Å². The fraction of sp³-hybridized carbons (Fsp3) is 1.00. The number of likely N-dealkylation sites (tertiary alicyclic amines) is 1. The van der Waals surface area contributed by atoms with Crippen LogP contribution in [0.4, 0.5) is 13.2 Å². The van der Waals surface area contributed by atoms with E-state index in [0.29, 0.717) is 31.8 Å². The second-order valence-corrected chi connectivity index (χ2v) is 6.76. The second kappa shape index (κ2) is 6.81. The standard InChI is InChI=1S/C14H27F3N2O2/c1-11(2)8-18-13(10-20)4-6-19(7-5-13)9-12(3,21)14(15,16)17/h11,18,20-21H,4-10H2,1-3H3. The molecule has 0 spiro atoms. The number of nitrogens with zero attached hydrogens (tertiary/aromatic N) is 1. The Labute approximate surface area is 124 Å². The molecule has 0 saturated carbocycles. The van der Waals surface area contributed by atoms with Crippen LogP contribution in [0.3, 0.4) is 0 Å². The lowest BCUT2D eigenvalue weighted by molar-refractivity contribution is -0.258. The number of aliphatic hydroxyl groups excluding tert-OH is 1. The number of halogens is 3. The van der Waals surface area contributed by atoms with Crippen LogP contribution in [-0.4, -0.2) is 65.2 Å². The fourth-order valence-corrected chi connectivity index (χ4v) is 2.48. The molecule has 0 aromatic rings. The molecule has 1 aliphatic rings. The van der Waals surface area contributed by atoms with Gasteiger partial charge in [0.1, 0.15) is 0 Å². The van der Waals surface area contributed by atoms with E-state index in [9.17, 15) is 23.4 Å². The molecule has 7 heteroatoms. The molecular formula is C14H27F3N2O2. The first kappa shape index (κ1) is 18.7. The number of hydrogen-bond donors (Lipinski definition) is 3. The Morgan fingerprint density at radius 1 is 1.24 bits per heavy atom. The molecule has 1 aliphatic heterocycles. The summed E-state index contributed by atoms with van der Waals surface area (Å²) in [6.45, 7) is 6.10. The Balaban J connectivity index is 2.54. The molecule has 0 aliphatic carbocycles. The SMILES string of the molecule is CC(C)CNC1(CO)CCN(CC(C)(O)C(F)(F)F)CC1. The van der Waals surface area contributed by atoms with E-state index < -0.39 is 23.9 Å². The van der Waals surface area contributed by atoms with Crippen molar-refractivity contribution in [2.24, 2.45) is 5.92 Å². The normalized spacial score (nSPS) is 23.3. The number of alkyl halides is 3. The van der Waals surface area contributed by atoms with Crippen molar-refractivity contribution < 1.29 is 23.4 Å². The molecule has 1 rings (SSSR count). The lowest BCUT2D eigenvalue weighted by Gasteiger charge is -2.43. The molecule has 21 heavy (non-hydrogen) atoms. The quantitative estimate of drug-likeness (QED) is 0.693. The van der Waals surface area contributed by atoms with Crippen molar-refractivity contribution in [3.05, 3.63) is 0 Å². The van der Waals surface area contributed by atoms with Gasteiger partial charge in [0.15, 0.2) is 5.60 Å². The van der Waals surface area contributed by atoms with Crippen molar-refractivity contribution >= 4 is 0 Å². The first-order valence-electron chi connectivity index (χ1n) is 7.39. The van der Waals surface area contributed by atoms with E-state index in [4.69, 9.17) is 0 Å². The lowest BCUT2D eigenvalue weighted by atomic mass is 9.87. The fourth-order valence-electron chi connectivity index (χ4n) is 2.48. The molecule has 0 aromatic heterocycles. The van der Waals surface area contributed by atoms with E-state index >= 15 is 0 Å². The first-order valence-corrected chi connectivity index (χ1v) is 7.39. The zero-order chi connectivity index (χ0) is 16.3. The lowest BCUT2D eigenvalue weighted by Crippen LogP contribution is -2.59. The third kappa shape index (κ3) is 5.09. The molecule has 1 heterocycles. The summed E-state index contributed by atoms with van der Waals surface area (Å²) in [5.74, 6) is 0.442. The average Bonchev–Trinajstić information content (AvgIpc) is 2.36. The summed E-state index contributed by atoms with van der Waals surface area (Å²) in [5, 5.41) is 22.5. The Morgan fingerprint density at radius 3 is 2.14 bits per heavy atom. The molecule has 0 radical (unpaired) electrons. The third-order valence-electron chi connectivity index (χ3n) is 4.14. The van der Waals surface area contributed by atoms with Crippen LogP contribution in [-0.2, 0) is 0 Å². The minimum atomic E-state index is -4.63. The monoisotopic (exact) mass is 312 g/mol. The van der Waals surface area contributed by atoms with Crippen LogP contribution in [0.15, 0.2) is 0 Å². The first-order chi connectivity index (χ1) is 9.51. The molecule has 1 saturated heterocycles. The topological polar surface area (TPSA) is 55.7 Å². The molecular weight excluding hydrogens is 285 g/mol. The summed E-state index contributed by atoms with van der Waals surface area (Å²) in [6.07, 6.45) is -3.48. The van der Waals surface area contributed by atoms with Crippen molar-refractivity contribution in [1.29, 1.82) is 0 Å². The second-order valence-electron chi connectivity index (χ2n) is 6.76. The van der Waals surface area contributed by atoms with Crippen LogP contribution in [0, 0.1) is 5.92 Å². The van der Waals surface area contributed by atoms with Gasteiger partial charge in [-0.1, -0.05) is 13.8 Å². The third-order valence-corrected chi connectivity index (χ3v) is 4.14. The van der Waals surface area contributed by atoms with Gasteiger partial charge in [0.2, 0.25) is 0 Å². The Bertz CT molecular complexity index is 325. The highest BCUT2D eigenvalue weighted by Crippen LogP contribution is 2.32. The number of rotatable bonds is 6. The summed E-state index contributed by atoms with van der Waals surface area (Å²) in [7, 11) is 0. The number of β-amino-alcohol motifs (C(OH)–C–C–N with tert-alkyl or cyclic N) is 1. The summed E-state index contributed by atoms with van der Waals surface area (Å²) in [6, 6.07) is 0. The van der Waals surface area contributed by atoms with E-state index in [0.717, 1.165) is 13.5 Å². The minimum absolute atomic E-state index is 0.0246. The van der Waals surface area contributed by atoms with Crippen LogP contribution >= 0.6 is 0 Å². The molecule has 0 amide bonds. The number of piperidine rings is 1. The predicted octanol–water partition coefficient (Wildman–Crippen LogP) is 1.37. The molecule has 0 aromatic carbocycles. The molecule has 3 N–H and O–H groups in total. The summed E-state index contributed by atoms with van der Waals surface area (Å²) in [4.78, 5) is 1.61. The minimum Gasteiger partial charge on any atom is -0.394 e. The van der Waals surface area contributed by atoms with Gasteiger partial charge in [0, 0.05) is 25.2 Å². The van der Waals surface area contributed by atoms with Gasteiger partial charge in [-0.25, -0.2) is 0 Å². The Hall–Kier alpha value is -0.370. The van der Waals surface area contributed by atoms with E-state index in [1.807, 2.05) is 0 Å².